The Labute approximate surface area is 201 Å². The minimum absolute atomic E-state index is 0.208. The molecule has 1 N–H and O–H groups in total. The fraction of sp³-hybridized carbons (Fsp3) is 0.250. The van der Waals surface area contributed by atoms with E-state index in [9.17, 15) is 4.79 Å². The average molecular weight is 482 g/mol. The Morgan fingerprint density at radius 2 is 1.94 bits per heavy atom. The van der Waals surface area contributed by atoms with Gasteiger partial charge in [-0.05, 0) is 63.2 Å². The van der Waals surface area contributed by atoms with Gasteiger partial charge in [0.25, 0.3) is 5.91 Å². The Hall–Kier alpha value is -3.85. The summed E-state index contributed by atoms with van der Waals surface area (Å²) in [7, 11) is 1.53. The van der Waals surface area contributed by atoms with Crippen molar-refractivity contribution in [3.05, 3.63) is 70.3 Å². The maximum Gasteiger partial charge on any atom is 0.278 e. The number of benzene rings is 2. The van der Waals surface area contributed by atoms with Gasteiger partial charge in [0.05, 0.1) is 31.0 Å². The van der Waals surface area contributed by atoms with Crippen molar-refractivity contribution in [2.75, 3.05) is 19.0 Å². The third kappa shape index (κ3) is 4.89. The van der Waals surface area contributed by atoms with Crippen LogP contribution in [0.15, 0.2) is 46.9 Å². The van der Waals surface area contributed by atoms with Gasteiger partial charge in [0.15, 0.2) is 5.69 Å². The Morgan fingerprint density at radius 1 is 1.18 bits per heavy atom. The molecule has 1 amide bonds. The van der Waals surface area contributed by atoms with Crippen molar-refractivity contribution in [2.24, 2.45) is 0 Å². The van der Waals surface area contributed by atoms with Gasteiger partial charge in [-0.1, -0.05) is 16.8 Å². The molecule has 0 bridgehead atoms. The van der Waals surface area contributed by atoms with Crippen molar-refractivity contribution in [1.82, 2.24) is 20.0 Å². The summed E-state index contributed by atoms with van der Waals surface area (Å²) >= 11 is 6.14. The Kier molecular flexibility index (Phi) is 6.83. The molecular formula is C24H24ClN5O4. The second kappa shape index (κ2) is 9.96. The van der Waals surface area contributed by atoms with E-state index in [4.69, 9.17) is 25.5 Å². The highest BCUT2D eigenvalue weighted by atomic mass is 35.5. The zero-order valence-corrected chi connectivity index (χ0v) is 20.0. The van der Waals surface area contributed by atoms with E-state index in [0.717, 1.165) is 11.3 Å². The number of hydrogen-bond acceptors (Lipinski definition) is 7. The zero-order valence-electron chi connectivity index (χ0n) is 19.3. The zero-order chi connectivity index (χ0) is 24.2. The third-order valence-corrected chi connectivity index (χ3v) is 5.51. The molecule has 176 valence electrons. The van der Waals surface area contributed by atoms with Crippen molar-refractivity contribution in [3.63, 3.8) is 0 Å². The van der Waals surface area contributed by atoms with E-state index in [2.05, 4.69) is 20.6 Å². The topological polar surface area (TPSA) is 104 Å². The smallest absolute Gasteiger partial charge is 0.278 e. The first kappa shape index (κ1) is 23.3. The molecule has 0 radical (unpaired) electrons. The number of carbonyl (C=O) groups excluding carboxylic acids is 1. The molecule has 4 rings (SSSR count). The van der Waals surface area contributed by atoms with Crippen LogP contribution in [0.2, 0.25) is 5.02 Å². The lowest BCUT2D eigenvalue weighted by atomic mass is 10.2. The second-order valence-corrected chi connectivity index (χ2v) is 7.87. The van der Waals surface area contributed by atoms with Gasteiger partial charge >= 0.3 is 0 Å². The van der Waals surface area contributed by atoms with E-state index in [0.29, 0.717) is 52.6 Å². The molecule has 0 spiro atoms. The monoisotopic (exact) mass is 481 g/mol. The number of oxazole rings is 1. The van der Waals surface area contributed by atoms with Crippen LogP contribution in [0.3, 0.4) is 0 Å². The maximum atomic E-state index is 12.8. The molecule has 4 aromatic rings. The number of nitrogens with one attached hydrogen (secondary N) is 1. The van der Waals surface area contributed by atoms with E-state index in [-0.39, 0.29) is 5.69 Å². The lowest BCUT2D eigenvalue weighted by Gasteiger charge is -2.07. The molecule has 0 aliphatic heterocycles. The minimum Gasteiger partial charge on any atom is -0.495 e. The number of nitrogens with zero attached hydrogens (tertiary/aromatic N) is 4. The van der Waals surface area contributed by atoms with Crippen molar-refractivity contribution >= 4 is 23.2 Å². The van der Waals surface area contributed by atoms with Crippen LogP contribution in [-0.4, -0.2) is 39.6 Å². The maximum absolute atomic E-state index is 12.8. The number of aryl methyl sites for hydroxylation is 1. The van der Waals surface area contributed by atoms with Crippen LogP contribution in [0.4, 0.5) is 5.69 Å². The van der Waals surface area contributed by atoms with Crippen molar-refractivity contribution < 1.29 is 18.7 Å². The predicted octanol–water partition coefficient (Wildman–Crippen LogP) is 4.91. The summed E-state index contributed by atoms with van der Waals surface area (Å²) < 4.78 is 18.1. The summed E-state index contributed by atoms with van der Waals surface area (Å²) in [6.07, 6.45) is 0. The van der Waals surface area contributed by atoms with E-state index in [1.165, 1.54) is 7.11 Å². The molecule has 0 aliphatic rings. The molecule has 0 aliphatic carbocycles. The van der Waals surface area contributed by atoms with Crippen LogP contribution in [0.1, 0.15) is 34.6 Å². The van der Waals surface area contributed by atoms with E-state index in [1.807, 2.05) is 38.1 Å². The Balaban J connectivity index is 1.49. The number of halogens is 1. The molecule has 34 heavy (non-hydrogen) atoms. The number of rotatable bonds is 8. The third-order valence-electron chi connectivity index (χ3n) is 5.21. The first-order valence-electron chi connectivity index (χ1n) is 10.6. The number of methoxy groups -OCH3 is 1. The highest BCUT2D eigenvalue weighted by molar-refractivity contribution is 6.32. The van der Waals surface area contributed by atoms with Gasteiger partial charge in [-0.25, -0.2) is 9.67 Å². The summed E-state index contributed by atoms with van der Waals surface area (Å²) in [4.78, 5) is 17.4. The quantitative estimate of drug-likeness (QED) is 0.381. The fourth-order valence-corrected chi connectivity index (χ4v) is 3.61. The summed E-state index contributed by atoms with van der Waals surface area (Å²) in [5.41, 5.74) is 2.87. The van der Waals surface area contributed by atoms with Crippen LogP contribution in [-0.2, 0) is 6.54 Å². The van der Waals surface area contributed by atoms with Gasteiger partial charge in [0.1, 0.15) is 23.0 Å². The van der Waals surface area contributed by atoms with Crippen molar-refractivity contribution in [1.29, 1.82) is 0 Å². The van der Waals surface area contributed by atoms with Crippen molar-refractivity contribution in [2.45, 2.75) is 27.3 Å². The molecule has 10 heteroatoms. The van der Waals surface area contributed by atoms with Crippen LogP contribution < -0.4 is 14.8 Å². The molecule has 0 saturated carbocycles. The SMILES string of the molecule is CCOc1ccc(-c2nc(Cn3nnc(C(=O)Nc4ccc(OC)c(Cl)c4)c3C)c(C)o2)cc1. The predicted molar refractivity (Wildman–Crippen MR) is 128 cm³/mol. The van der Waals surface area contributed by atoms with Gasteiger partial charge < -0.3 is 19.2 Å². The molecular weight excluding hydrogens is 458 g/mol. The van der Waals surface area contributed by atoms with Gasteiger partial charge in [-0.3, -0.25) is 4.79 Å². The van der Waals surface area contributed by atoms with Gasteiger partial charge in [-0.2, -0.15) is 0 Å². The number of ether oxygens (including phenoxy) is 2. The first-order valence-corrected chi connectivity index (χ1v) is 11.0. The van der Waals surface area contributed by atoms with E-state index in [1.54, 1.807) is 29.8 Å². The standard InChI is InChI=1S/C24H24ClN5O4/c1-5-33-18-9-6-16(7-10-18)24-27-20(15(3)34-24)13-30-14(2)22(28-29-30)23(31)26-17-8-11-21(32-4)19(25)12-17/h6-12H,5,13H2,1-4H3,(H,26,31). The first-order chi connectivity index (χ1) is 16.4. The molecule has 9 nitrogen and oxygen atoms in total. The lowest BCUT2D eigenvalue weighted by molar-refractivity contribution is 0.102. The van der Waals surface area contributed by atoms with Gasteiger partial charge in [0, 0.05) is 11.3 Å². The largest absolute Gasteiger partial charge is 0.495 e. The van der Waals surface area contributed by atoms with Crippen molar-refractivity contribution in [3.8, 4) is 23.0 Å². The molecule has 0 fully saturated rings. The molecule has 2 aromatic carbocycles. The number of anilines is 1. The van der Waals surface area contributed by atoms with Crippen LogP contribution in [0.25, 0.3) is 11.5 Å². The summed E-state index contributed by atoms with van der Waals surface area (Å²) in [5, 5.41) is 11.4. The van der Waals surface area contributed by atoms with E-state index >= 15 is 0 Å². The fourth-order valence-electron chi connectivity index (χ4n) is 3.36. The molecule has 0 unspecified atom stereocenters. The average Bonchev–Trinajstić information content (AvgIpc) is 3.37. The summed E-state index contributed by atoms with van der Waals surface area (Å²) in [6, 6.07) is 12.5. The number of amides is 1. The number of carbonyl (C=O) groups is 1. The second-order valence-electron chi connectivity index (χ2n) is 7.46. The van der Waals surface area contributed by atoms with Gasteiger partial charge in [0.2, 0.25) is 5.89 Å². The highest BCUT2D eigenvalue weighted by Crippen LogP contribution is 2.28. The molecule has 0 atom stereocenters. The highest BCUT2D eigenvalue weighted by Gasteiger charge is 2.19. The molecule has 2 aromatic heterocycles. The Bertz CT molecular complexity index is 1310. The Morgan fingerprint density at radius 3 is 2.62 bits per heavy atom. The molecule has 0 saturated heterocycles. The van der Waals surface area contributed by atoms with E-state index < -0.39 is 5.91 Å². The van der Waals surface area contributed by atoms with Gasteiger partial charge in [-0.15, -0.1) is 5.10 Å². The van der Waals surface area contributed by atoms with Crippen LogP contribution >= 0.6 is 11.6 Å². The lowest BCUT2D eigenvalue weighted by Crippen LogP contribution is -2.14. The number of hydrogen-bond donors (Lipinski definition) is 1. The van der Waals surface area contributed by atoms with Crippen LogP contribution in [0.5, 0.6) is 11.5 Å². The molecule has 2 heterocycles. The summed E-state index contributed by atoms with van der Waals surface area (Å²) in [5.74, 6) is 2.09. The van der Waals surface area contributed by atoms with Crippen LogP contribution in [0, 0.1) is 13.8 Å². The number of aromatic nitrogens is 4. The summed E-state index contributed by atoms with van der Waals surface area (Å²) in [6.45, 7) is 6.47. The normalized spacial score (nSPS) is 10.9. The minimum atomic E-state index is -0.392.